The van der Waals surface area contributed by atoms with Gasteiger partial charge in [0.2, 0.25) is 0 Å². The van der Waals surface area contributed by atoms with Crippen molar-refractivity contribution < 1.29 is 4.39 Å². The van der Waals surface area contributed by atoms with Crippen LogP contribution in [0.5, 0.6) is 0 Å². The summed E-state index contributed by atoms with van der Waals surface area (Å²) >= 11 is 5.86. The van der Waals surface area contributed by atoms with E-state index in [1.54, 1.807) is 0 Å². The smallest absolute Gasteiger partial charge is 0.141 e. The van der Waals surface area contributed by atoms with Crippen LogP contribution >= 0.6 is 11.6 Å². The van der Waals surface area contributed by atoms with Gasteiger partial charge >= 0.3 is 0 Å². The zero-order valence-electron chi connectivity index (χ0n) is 9.74. The van der Waals surface area contributed by atoms with Crippen LogP contribution in [0.15, 0.2) is 36.5 Å². The summed E-state index contributed by atoms with van der Waals surface area (Å²) in [5, 5.41) is 0. The van der Waals surface area contributed by atoms with Gasteiger partial charge in [-0.1, -0.05) is 24.3 Å². The number of benzene rings is 1. The van der Waals surface area contributed by atoms with Crippen molar-refractivity contribution in [3.63, 3.8) is 0 Å². The Hall–Kier alpha value is -1.61. The first-order valence-corrected chi connectivity index (χ1v) is 6.33. The third-order valence-electron chi connectivity index (χ3n) is 3.19. The molecule has 0 bridgehead atoms. The molecule has 0 atom stereocenters. The monoisotopic (exact) mass is 262 g/mol. The molecule has 1 aliphatic heterocycles. The summed E-state index contributed by atoms with van der Waals surface area (Å²) in [6.07, 6.45) is 1.24. The van der Waals surface area contributed by atoms with Gasteiger partial charge in [-0.05, 0) is 17.2 Å². The van der Waals surface area contributed by atoms with Crippen molar-refractivity contribution in [2.24, 2.45) is 0 Å². The third kappa shape index (κ3) is 1.95. The Kier molecular flexibility index (Phi) is 2.92. The van der Waals surface area contributed by atoms with E-state index in [2.05, 4.69) is 22.0 Å². The number of aromatic nitrogens is 1. The second-order valence-corrected chi connectivity index (χ2v) is 4.66. The van der Waals surface area contributed by atoms with E-state index in [4.69, 9.17) is 11.6 Å². The highest BCUT2D eigenvalue weighted by Gasteiger charge is 2.21. The van der Waals surface area contributed by atoms with Gasteiger partial charge in [0, 0.05) is 18.7 Å². The van der Waals surface area contributed by atoms with E-state index in [9.17, 15) is 4.39 Å². The molecule has 1 aliphatic rings. The quantitative estimate of drug-likeness (QED) is 0.771. The molecule has 0 unspecified atom stereocenters. The van der Waals surface area contributed by atoms with Crippen molar-refractivity contribution >= 4 is 17.4 Å². The van der Waals surface area contributed by atoms with Gasteiger partial charge in [-0.25, -0.2) is 9.37 Å². The molecule has 1 aromatic heterocycles. The molecule has 0 spiro atoms. The first-order valence-electron chi connectivity index (χ1n) is 5.80. The van der Waals surface area contributed by atoms with Crippen LogP contribution in [0.4, 0.5) is 10.2 Å². The lowest BCUT2D eigenvalue weighted by atomic mass is 10.1. The van der Waals surface area contributed by atoms with Crippen molar-refractivity contribution in [1.82, 2.24) is 4.98 Å². The first kappa shape index (κ1) is 11.5. The van der Waals surface area contributed by atoms with E-state index >= 15 is 0 Å². The van der Waals surface area contributed by atoms with Crippen LogP contribution < -0.4 is 4.90 Å². The first-order chi connectivity index (χ1) is 8.78. The number of anilines is 1. The van der Waals surface area contributed by atoms with Crippen LogP contribution in [-0.2, 0) is 19.0 Å². The van der Waals surface area contributed by atoms with Crippen molar-refractivity contribution in [3.8, 4) is 0 Å². The van der Waals surface area contributed by atoms with Gasteiger partial charge in [0.25, 0.3) is 0 Å². The molecule has 18 heavy (non-hydrogen) atoms. The minimum Gasteiger partial charge on any atom is -0.348 e. The topological polar surface area (TPSA) is 16.1 Å². The Bertz CT molecular complexity index is 561. The number of hydrogen-bond acceptors (Lipinski definition) is 2. The van der Waals surface area contributed by atoms with E-state index in [0.717, 1.165) is 24.5 Å². The Morgan fingerprint density at radius 1 is 1.22 bits per heavy atom. The van der Waals surface area contributed by atoms with Crippen LogP contribution in [0, 0.1) is 5.82 Å². The molecular weight excluding hydrogens is 251 g/mol. The summed E-state index contributed by atoms with van der Waals surface area (Å²) in [6.45, 7) is 1.61. The molecule has 1 aromatic carbocycles. The number of halogens is 2. The molecule has 0 saturated carbocycles. The number of alkyl halides is 1. The second-order valence-electron chi connectivity index (χ2n) is 4.39. The van der Waals surface area contributed by atoms with Gasteiger partial charge in [0.15, 0.2) is 0 Å². The largest absolute Gasteiger partial charge is 0.348 e. The van der Waals surface area contributed by atoms with Crippen molar-refractivity contribution in [3.05, 3.63) is 59.0 Å². The van der Waals surface area contributed by atoms with E-state index in [1.807, 2.05) is 12.1 Å². The summed E-state index contributed by atoms with van der Waals surface area (Å²) in [4.78, 5) is 6.31. The molecule has 4 heteroatoms. The van der Waals surface area contributed by atoms with E-state index in [0.29, 0.717) is 0 Å². The number of fused-ring (bicyclic) bond motifs is 1. The molecule has 0 saturated heterocycles. The van der Waals surface area contributed by atoms with Crippen molar-refractivity contribution in [2.45, 2.75) is 19.0 Å². The van der Waals surface area contributed by atoms with E-state index < -0.39 is 0 Å². The second kappa shape index (κ2) is 4.58. The molecule has 0 N–H and O–H groups in total. The Balaban J connectivity index is 1.95. The van der Waals surface area contributed by atoms with Crippen molar-refractivity contribution in [2.75, 3.05) is 4.90 Å². The Morgan fingerprint density at radius 3 is 2.50 bits per heavy atom. The fourth-order valence-corrected chi connectivity index (χ4v) is 2.54. The molecule has 0 radical (unpaired) electrons. The van der Waals surface area contributed by atoms with Crippen molar-refractivity contribution in [1.29, 1.82) is 0 Å². The molecule has 0 aliphatic carbocycles. The fourth-order valence-electron chi connectivity index (χ4n) is 2.34. The molecule has 3 rings (SSSR count). The van der Waals surface area contributed by atoms with E-state index in [-0.39, 0.29) is 11.7 Å². The van der Waals surface area contributed by atoms with Crippen LogP contribution in [0.2, 0.25) is 0 Å². The normalized spacial score (nSPS) is 13.8. The molecular formula is C14H12ClFN2. The maximum Gasteiger partial charge on any atom is 0.141 e. The molecule has 2 heterocycles. The standard InChI is InChI=1S/C14H12ClFN2/c15-6-12-5-13(16)7-17-14(12)18-8-10-3-1-2-4-11(10)9-18/h1-5,7H,6,8-9H2. The summed E-state index contributed by atoms with van der Waals surface area (Å²) in [7, 11) is 0. The minimum absolute atomic E-state index is 0.271. The lowest BCUT2D eigenvalue weighted by Crippen LogP contribution is -2.17. The molecule has 0 amide bonds. The van der Waals surface area contributed by atoms with Crippen LogP contribution in [0.1, 0.15) is 16.7 Å². The number of nitrogens with zero attached hydrogens (tertiary/aromatic N) is 2. The summed E-state index contributed by atoms with van der Waals surface area (Å²) < 4.78 is 13.1. The number of pyridine rings is 1. The third-order valence-corrected chi connectivity index (χ3v) is 3.48. The minimum atomic E-state index is -0.342. The number of rotatable bonds is 2. The molecule has 2 aromatic rings. The Morgan fingerprint density at radius 2 is 1.89 bits per heavy atom. The highest BCUT2D eigenvalue weighted by Crippen LogP contribution is 2.29. The maximum absolute atomic E-state index is 13.1. The van der Waals surface area contributed by atoms with Crippen LogP contribution in [-0.4, -0.2) is 4.98 Å². The fraction of sp³-hybridized carbons (Fsp3) is 0.214. The lowest BCUT2D eigenvalue weighted by Gasteiger charge is -2.19. The molecule has 0 fully saturated rings. The van der Waals surface area contributed by atoms with Gasteiger partial charge in [0.05, 0.1) is 12.1 Å². The average Bonchev–Trinajstić information content (AvgIpc) is 2.82. The zero-order valence-corrected chi connectivity index (χ0v) is 10.5. The van der Waals surface area contributed by atoms with Gasteiger partial charge < -0.3 is 4.90 Å². The molecule has 92 valence electrons. The van der Waals surface area contributed by atoms with Gasteiger partial charge in [-0.2, -0.15) is 0 Å². The Labute approximate surface area is 110 Å². The van der Waals surface area contributed by atoms with Gasteiger partial charge in [-0.3, -0.25) is 0 Å². The SMILES string of the molecule is Fc1cnc(N2Cc3ccccc3C2)c(CCl)c1. The molecule has 2 nitrogen and oxygen atoms in total. The highest BCUT2D eigenvalue weighted by atomic mass is 35.5. The predicted molar refractivity (Wildman–Crippen MR) is 70.1 cm³/mol. The van der Waals surface area contributed by atoms with E-state index in [1.165, 1.54) is 23.4 Å². The summed E-state index contributed by atoms with van der Waals surface area (Å²) in [5.74, 6) is 0.709. The van der Waals surface area contributed by atoms with Crippen LogP contribution in [0.25, 0.3) is 0 Å². The lowest BCUT2D eigenvalue weighted by molar-refractivity contribution is 0.618. The predicted octanol–water partition coefficient (Wildman–Crippen LogP) is 3.48. The maximum atomic E-state index is 13.1. The number of hydrogen-bond donors (Lipinski definition) is 0. The summed E-state index contributed by atoms with van der Waals surface area (Å²) in [6, 6.07) is 9.74. The van der Waals surface area contributed by atoms with Gasteiger partial charge in [0.1, 0.15) is 11.6 Å². The van der Waals surface area contributed by atoms with Crippen LogP contribution in [0.3, 0.4) is 0 Å². The average molecular weight is 263 g/mol. The highest BCUT2D eigenvalue weighted by molar-refractivity contribution is 6.17. The zero-order chi connectivity index (χ0) is 12.5. The van der Waals surface area contributed by atoms with Gasteiger partial charge in [-0.15, -0.1) is 11.6 Å². The summed E-state index contributed by atoms with van der Waals surface area (Å²) in [5.41, 5.74) is 3.33.